The molecule has 76 valence electrons. The van der Waals surface area contributed by atoms with Crippen LogP contribution in [0.15, 0.2) is 23.9 Å². The van der Waals surface area contributed by atoms with E-state index in [2.05, 4.69) is 41.2 Å². The van der Waals surface area contributed by atoms with Crippen molar-refractivity contribution in [2.75, 3.05) is 0 Å². The van der Waals surface area contributed by atoms with Crippen molar-refractivity contribution >= 4 is 0 Å². The van der Waals surface area contributed by atoms with Crippen molar-refractivity contribution < 1.29 is 0 Å². The minimum Gasteiger partial charge on any atom is -0.399 e. The lowest BCUT2D eigenvalue weighted by Gasteiger charge is -2.28. The Morgan fingerprint density at radius 1 is 1.46 bits per heavy atom. The summed E-state index contributed by atoms with van der Waals surface area (Å²) >= 11 is 0. The van der Waals surface area contributed by atoms with Crippen LogP contribution in [0.3, 0.4) is 0 Å². The standard InChI is InChI=1S/C12H23N/c1-9(2)8-12(5,6)10(3)7-11(4)13/h7,9H,4,8,13H2,1-3,5-6H3/b10-7+. The average molecular weight is 181 g/mol. The molecule has 2 N–H and O–H groups in total. The molecule has 0 saturated carbocycles. The maximum atomic E-state index is 5.55. The van der Waals surface area contributed by atoms with Gasteiger partial charge in [-0.15, -0.1) is 0 Å². The second kappa shape index (κ2) is 4.50. The van der Waals surface area contributed by atoms with Gasteiger partial charge in [0.1, 0.15) is 0 Å². The normalized spacial score (nSPS) is 13.5. The van der Waals surface area contributed by atoms with E-state index in [9.17, 15) is 0 Å². The molecule has 0 saturated heterocycles. The highest BCUT2D eigenvalue weighted by Crippen LogP contribution is 2.33. The van der Waals surface area contributed by atoms with E-state index < -0.39 is 0 Å². The molecule has 0 heterocycles. The quantitative estimate of drug-likeness (QED) is 0.660. The van der Waals surface area contributed by atoms with Crippen LogP contribution in [0.4, 0.5) is 0 Å². The van der Waals surface area contributed by atoms with Gasteiger partial charge in [-0.25, -0.2) is 0 Å². The Bertz CT molecular complexity index is 209. The molecule has 0 aromatic carbocycles. The first-order chi connectivity index (χ1) is 5.75. The van der Waals surface area contributed by atoms with Gasteiger partial charge in [-0.05, 0) is 30.8 Å². The molecule has 1 nitrogen and oxygen atoms in total. The highest BCUT2D eigenvalue weighted by atomic mass is 14.5. The second-order valence-corrected chi connectivity index (χ2v) is 4.88. The van der Waals surface area contributed by atoms with Gasteiger partial charge in [-0.1, -0.05) is 39.8 Å². The number of rotatable bonds is 4. The van der Waals surface area contributed by atoms with Crippen molar-refractivity contribution in [3.63, 3.8) is 0 Å². The summed E-state index contributed by atoms with van der Waals surface area (Å²) in [4.78, 5) is 0. The predicted octanol–water partition coefficient (Wildman–Crippen LogP) is 3.48. The van der Waals surface area contributed by atoms with E-state index in [0.29, 0.717) is 11.6 Å². The van der Waals surface area contributed by atoms with Gasteiger partial charge in [-0.2, -0.15) is 0 Å². The zero-order valence-corrected chi connectivity index (χ0v) is 9.65. The van der Waals surface area contributed by atoms with Crippen LogP contribution < -0.4 is 5.73 Å². The Balaban J connectivity index is 4.53. The van der Waals surface area contributed by atoms with Gasteiger partial charge < -0.3 is 5.73 Å². The van der Waals surface area contributed by atoms with Crippen LogP contribution >= 0.6 is 0 Å². The Labute approximate surface area is 82.7 Å². The molecule has 0 aliphatic carbocycles. The molecule has 0 spiro atoms. The van der Waals surface area contributed by atoms with Crippen LogP contribution in [0.5, 0.6) is 0 Å². The number of hydrogen-bond acceptors (Lipinski definition) is 1. The van der Waals surface area contributed by atoms with E-state index in [4.69, 9.17) is 5.73 Å². The van der Waals surface area contributed by atoms with E-state index in [1.807, 2.05) is 6.08 Å². The summed E-state index contributed by atoms with van der Waals surface area (Å²) in [7, 11) is 0. The Kier molecular flexibility index (Phi) is 4.25. The minimum atomic E-state index is 0.233. The molecular formula is C12H23N. The fraction of sp³-hybridized carbons (Fsp3) is 0.667. The summed E-state index contributed by atoms with van der Waals surface area (Å²) in [6, 6.07) is 0. The van der Waals surface area contributed by atoms with Gasteiger partial charge in [0.25, 0.3) is 0 Å². The largest absolute Gasteiger partial charge is 0.399 e. The SMILES string of the molecule is C=C(N)/C=C(\C)C(C)(C)CC(C)C. The van der Waals surface area contributed by atoms with Gasteiger partial charge in [0.15, 0.2) is 0 Å². The lowest BCUT2D eigenvalue weighted by atomic mass is 9.78. The van der Waals surface area contributed by atoms with Crippen molar-refractivity contribution in [2.45, 2.75) is 41.0 Å². The van der Waals surface area contributed by atoms with Crippen LogP contribution in [0.25, 0.3) is 0 Å². The van der Waals surface area contributed by atoms with E-state index in [1.165, 1.54) is 12.0 Å². The molecule has 0 amide bonds. The lowest BCUT2D eigenvalue weighted by Crippen LogP contribution is -2.16. The number of allylic oxidation sites excluding steroid dienone is 2. The maximum absolute atomic E-state index is 5.55. The second-order valence-electron chi connectivity index (χ2n) is 4.88. The molecule has 0 rings (SSSR count). The summed E-state index contributed by atoms with van der Waals surface area (Å²) in [5.41, 5.74) is 7.74. The highest BCUT2D eigenvalue weighted by molar-refractivity contribution is 5.21. The molecule has 0 unspecified atom stereocenters. The minimum absolute atomic E-state index is 0.233. The molecule has 0 bridgehead atoms. The molecular weight excluding hydrogens is 158 g/mol. The van der Waals surface area contributed by atoms with Crippen LogP contribution in [0.1, 0.15) is 41.0 Å². The monoisotopic (exact) mass is 181 g/mol. The molecule has 0 radical (unpaired) electrons. The van der Waals surface area contributed by atoms with Crippen molar-refractivity contribution in [3.8, 4) is 0 Å². The van der Waals surface area contributed by atoms with Gasteiger partial charge >= 0.3 is 0 Å². The Hall–Kier alpha value is -0.720. The average Bonchev–Trinajstić information content (AvgIpc) is 1.81. The van der Waals surface area contributed by atoms with Crippen LogP contribution in [-0.4, -0.2) is 0 Å². The summed E-state index contributed by atoms with van der Waals surface area (Å²) < 4.78 is 0. The van der Waals surface area contributed by atoms with Crippen molar-refractivity contribution in [1.82, 2.24) is 0 Å². The highest BCUT2D eigenvalue weighted by Gasteiger charge is 2.21. The summed E-state index contributed by atoms with van der Waals surface area (Å²) in [6.07, 6.45) is 3.16. The molecule has 13 heavy (non-hydrogen) atoms. The molecule has 0 aliphatic rings. The summed E-state index contributed by atoms with van der Waals surface area (Å²) in [5, 5.41) is 0. The van der Waals surface area contributed by atoms with Gasteiger partial charge in [0.2, 0.25) is 0 Å². The third-order valence-electron chi connectivity index (χ3n) is 2.39. The van der Waals surface area contributed by atoms with Gasteiger partial charge in [0.05, 0.1) is 0 Å². The summed E-state index contributed by atoms with van der Waals surface area (Å²) in [6.45, 7) is 14.8. The van der Waals surface area contributed by atoms with Crippen molar-refractivity contribution in [2.24, 2.45) is 17.1 Å². The molecule has 0 atom stereocenters. The Morgan fingerprint density at radius 3 is 2.23 bits per heavy atom. The third-order valence-corrected chi connectivity index (χ3v) is 2.39. The first-order valence-corrected chi connectivity index (χ1v) is 4.89. The van der Waals surface area contributed by atoms with Crippen molar-refractivity contribution in [3.05, 3.63) is 23.9 Å². The molecule has 0 aromatic rings. The van der Waals surface area contributed by atoms with E-state index in [-0.39, 0.29) is 5.41 Å². The first kappa shape index (κ1) is 12.3. The maximum Gasteiger partial charge on any atom is 0.0240 e. The zero-order valence-electron chi connectivity index (χ0n) is 9.65. The fourth-order valence-corrected chi connectivity index (χ4v) is 1.66. The van der Waals surface area contributed by atoms with Crippen LogP contribution in [-0.2, 0) is 0 Å². The first-order valence-electron chi connectivity index (χ1n) is 4.89. The zero-order chi connectivity index (χ0) is 10.6. The number of nitrogens with two attached hydrogens (primary N) is 1. The molecule has 0 fully saturated rings. The summed E-state index contributed by atoms with van der Waals surface area (Å²) in [5.74, 6) is 0.712. The van der Waals surface area contributed by atoms with E-state index in [0.717, 1.165) is 0 Å². The van der Waals surface area contributed by atoms with Crippen LogP contribution in [0, 0.1) is 11.3 Å². The lowest BCUT2D eigenvalue weighted by molar-refractivity contribution is 0.344. The predicted molar refractivity (Wildman–Crippen MR) is 60.3 cm³/mol. The molecule has 1 heteroatoms. The molecule has 0 aliphatic heterocycles. The van der Waals surface area contributed by atoms with Crippen molar-refractivity contribution in [1.29, 1.82) is 0 Å². The Morgan fingerprint density at radius 2 is 1.92 bits per heavy atom. The van der Waals surface area contributed by atoms with Gasteiger partial charge in [0, 0.05) is 5.70 Å². The third kappa shape index (κ3) is 4.76. The van der Waals surface area contributed by atoms with Crippen LogP contribution in [0.2, 0.25) is 0 Å². The van der Waals surface area contributed by atoms with E-state index >= 15 is 0 Å². The number of hydrogen-bond donors (Lipinski definition) is 1. The smallest absolute Gasteiger partial charge is 0.0240 e. The topological polar surface area (TPSA) is 26.0 Å². The fourth-order valence-electron chi connectivity index (χ4n) is 1.66. The molecule has 0 aromatic heterocycles. The van der Waals surface area contributed by atoms with Gasteiger partial charge in [-0.3, -0.25) is 0 Å². The van der Waals surface area contributed by atoms with E-state index in [1.54, 1.807) is 0 Å².